The van der Waals surface area contributed by atoms with E-state index in [1.54, 1.807) is 23.1 Å². The molecule has 0 fully saturated rings. The lowest BCUT2D eigenvalue weighted by Gasteiger charge is -1.95. The average molecular weight is 240 g/mol. The third-order valence-electron chi connectivity index (χ3n) is 1.99. The monoisotopic (exact) mass is 240 g/mol. The topological polar surface area (TPSA) is 17.1 Å². The first-order valence-electron chi connectivity index (χ1n) is 4.01. The summed E-state index contributed by atoms with van der Waals surface area (Å²) in [5, 5.41) is 1.14. The summed E-state index contributed by atoms with van der Waals surface area (Å²) in [6, 6.07) is 5.73. The molecule has 1 nitrogen and oxygen atoms in total. The third-order valence-corrected chi connectivity index (χ3v) is 4.57. The van der Waals surface area contributed by atoms with Gasteiger partial charge in [-0.15, -0.1) is 35.7 Å². The highest BCUT2D eigenvalue weighted by Gasteiger charge is 2.08. The molecule has 0 unspecified atom stereocenters. The Bertz CT molecular complexity index is 487. The first-order chi connectivity index (χ1) is 6.76. The summed E-state index contributed by atoms with van der Waals surface area (Å²) in [6.45, 7) is 0. The van der Waals surface area contributed by atoms with E-state index in [0.717, 1.165) is 26.3 Å². The molecule has 1 aromatic carbocycles. The summed E-state index contributed by atoms with van der Waals surface area (Å²) in [7, 11) is 0. The first kappa shape index (κ1) is 10.1. The van der Waals surface area contributed by atoms with E-state index < -0.39 is 0 Å². The Morgan fingerprint density at radius 2 is 2.29 bits per heavy atom. The fraction of sp³-hybridized carbons (Fsp3) is 0.100. The number of benzene rings is 1. The predicted octanol–water partition coefficient (Wildman–Crippen LogP) is 3.72. The molecule has 0 bridgehead atoms. The van der Waals surface area contributed by atoms with Crippen LogP contribution in [-0.4, -0.2) is 12.5 Å². The normalized spacial score (nSPS) is 10.7. The van der Waals surface area contributed by atoms with Crippen LogP contribution in [0.3, 0.4) is 0 Å². The number of thioether (sulfide) groups is 1. The Labute approximate surface area is 95.9 Å². The van der Waals surface area contributed by atoms with Crippen LogP contribution in [-0.2, 0) is 0 Å². The lowest BCUT2D eigenvalue weighted by Crippen LogP contribution is -1.77. The lowest BCUT2D eigenvalue weighted by molar-refractivity contribution is 0.112. The Morgan fingerprint density at radius 3 is 2.93 bits per heavy atom. The second-order valence-electron chi connectivity index (χ2n) is 2.81. The number of carbonyl (C=O) groups excluding carboxylic acids is 1. The maximum atomic E-state index is 10.6. The molecule has 0 radical (unpaired) electrons. The molecule has 0 atom stereocenters. The van der Waals surface area contributed by atoms with Crippen molar-refractivity contribution in [1.82, 2.24) is 0 Å². The van der Waals surface area contributed by atoms with Crippen LogP contribution in [0.1, 0.15) is 10.4 Å². The third kappa shape index (κ3) is 1.58. The van der Waals surface area contributed by atoms with Gasteiger partial charge in [0.25, 0.3) is 0 Å². The molecule has 1 heterocycles. The van der Waals surface area contributed by atoms with Gasteiger partial charge >= 0.3 is 0 Å². The van der Waals surface area contributed by atoms with Crippen molar-refractivity contribution in [3.05, 3.63) is 23.8 Å². The van der Waals surface area contributed by atoms with Crippen molar-refractivity contribution in [3.8, 4) is 0 Å². The van der Waals surface area contributed by atoms with E-state index >= 15 is 0 Å². The molecule has 0 amide bonds. The Kier molecular flexibility index (Phi) is 2.85. The Hall–Kier alpha value is -0.450. The van der Waals surface area contributed by atoms with Crippen molar-refractivity contribution in [2.45, 2.75) is 9.10 Å². The van der Waals surface area contributed by atoms with Gasteiger partial charge in [-0.1, -0.05) is 6.07 Å². The molecule has 2 aromatic rings. The maximum Gasteiger partial charge on any atom is 0.150 e. The number of hydrogen-bond acceptors (Lipinski definition) is 4. The van der Waals surface area contributed by atoms with Crippen LogP contribution in [0.5, 0.6) is 0 Å². The molecule has 0 spiro atoms. The van der Waals surface area contributed by atoms with Gasteiger partial charge < -0.3 is 0 Å². The van der Waals surface area contributed by atoms with Crippen LogP contribution >= 0.6 is 35.7 Å². The van der Waals surface area contributed by atoms with Crippen LogP contribution in [0.2, 0.25) is 0 Å². The van der Waals surface area contributed by atoms with Gasteiger partial charge in [0.2, 0.25) is 0 Å². The van der Waals surface area contributed by atoms with Crippen molar-refractivity contribution >= 4 is 52.1 Å². The molecular formula is C10H8OS3. The van der Waals surface area contributed by atoms with Gasteiger partial charge in [-0.25, -0.2) is 0 Å². The smallest absolute Gasteiger partial charge is 0.150 e. The van der Waals surface area contributed by atoms with Crippen molar-refractivity contribution < 1.29 is 4.79 Å². The Morgan fingerprint density at radius 1 is 1.50 bits per heavy atom. The first-order valence-corrected chi connectivity index (χ1v) is 6.50. The number of fused-ring (bicyclic) bond motifs is 1. The number of rotatable bonds is 2. The van der Waals surface area contributed by atoms with E-state index in [9.17, 15) is 4.79 Å². The maximum absolute atomic E-state index is 10.6. The summed E-state index contributed by atoms with van der Waals surface area (Å²) in [5.41, 5.74) is 0.721. The van der Waals surface area contributed by atoms with Gasteiger partial charge in [-0.3, -0.25) is 4.79 Å². The van der Waals surface area contributed by atoms with Crippen molar-refractivity contribution in [2.75, 3.05) is 6.26 Å². The second-order valence-corrected chi connectivity index (χ2v) is 5.43. The quantitative estimate of drug-likeness (QED) is 0.489. The zero-order chi connectivity index (χ0) is 10.1. The van der Waals surface area contributed by atoms with E-state index in [-0.39, 0.29) is 0 Å². The molecule has 0 saturated carbocycles. The number of aldehydes is 1. The molecule has 2 rings (SSSR count). The molecule has 0 aliphatic carbocycles. The molecule has 0 aliphatic rings. The molecule has 0 N–H and O–H groups in total. The van der Waals surface area contributed by atoms with Gasteiger partial charge in [0.1, 0.15) is 6.29 Å². The number of thiol groups is 1. The fourth-order valence-electron chi connectivity index (χ4n) is 1.35. The largest absolute Gasteiger partial charge is 0.298 e. The van der Waals surface area contributed by atoms with Gasteiger partial charge in [-0.2, -0.15) is 0 Å². The van der Waals surface area contributed by atoms with Gasteiger partial charge in [0, 0.05) is 20.5 Å². The van der Waals surface area contributed by atoms with Gasteiger partial charge in [-0.05, 0) is 18.4 Å². The van der Waals surface area contributed by atoms with Crippen molar-refractivity contribution in [1.29, 1.82) is 0 Å². The highest BCUT2D eigenvalue weighted by Crippen LogP contribution is 2.39. The Balaban J connectivity index is 2.77. The standard InChI is InChI=1S/C10H8OS3/c1-13-9-7-4-6(5-11)2-3-8(7)14-10(9)12/h2-5,12H,1H3. The van der Waals surface area contributed by atoms with Crippen LogP contribution in [0.4, 0.5) is 0 Å². The molecule has 4 heteroatoms. The lowest BCUT2D eigenvalue weighted by atomic mass is 10.2. The summed E-state index contributed by atoms with van der Waals surface area (Å²) in [6.07, 6.45) is 2.90. The van der Waals surface area contributed by atoms with E-state index in [1.807, 2.05) is 24.5 Å². The van der Waals surface area contributed by atoms with E-state index in [1.165, 1.54) is 4.70 Å². The number of hydrogen-bond donors (Lipinski definition) is 1. The zero-order valence-electron chi connectivity index (χ0n) is 7.48. The molecule has 0 saturated heterocycles. The minimum atomic E-state index is 0.721. The van der Waals surface area contributed by atoms with E-state index in [0.29, 0.717) is 0 Å². The molecule has 14 heavy (non-hydrogen) atoms. The van der Waals surface area contributed by atoms with E-state index in [4.69, 9.17) is 0 Å². The van der Waals surface area contributed by atoms with Crippen molar-refractivity contribution in [3.63, 3.8) is 0 Å². The minimum absolute atomic E-state index is 0.721. The number of carbonyl (C=O) groups is 1. The SMILES string of the molecule is CSc1c(S)sc2ccc(C=O)cc12. The highest BCUT2D eigenvalue weighted by molar-refractivity contribution is 7.99. The summed E-state index contributed by atoms with van der Waals surface area (Å²) >= 11 is 7.73. The van der Waals surface area contributed by atoms with Crippen LogP contribution in [0.25, 0.3) is 10.1 Å². The molecular weight excluding hydrogens is 232 g/mol. The highest BCUT2D eigenvalue weighted by atomic mass is 32.2. The molecule has 72 valence electrons. The van der Waals surface area contributed by atoms with Crippen LogP contribution in [0, 0.1) is 0 Å². The number of thiophene rings is 1. The summed E-state index contributed by atoms with van der Waals surface area (Å²) in [4.78, 5) is 11.8. The van der Waals surface area contributed by atoms with Gasteiger partial charge in [0.05, 0.1) is 4.21 Å². The second kappa shape index (κ2) is 3.96. The zero-order valence-corrected chi connectivity index (χ0v) is 10.0. The van der Waals surface area contributed by atoms with Crippen LogP contribution in [0.15, 0.2) is 27.3 Å². The van der Waals surface area contributed by atoms with Crippen LogP contribution < -0.4 is 0 Å². The predicted molar refractivity (Wildman–Crippen MR) is 66.2 cm³/mol. The average Bonchev–Trinajstić information content (AvgIpc) is 2.52. The summed E-state index contributed by atoms with van der Waals surface area (Å²) < 4.78 is 2.21. The van der Waals surface area contributed by atoms with Gasteiger partial charge in [0.15, 0.2) is 0 Å². The minimum Gasteiger partial charge on any atom is -0.298 e. The summed E-state index contributed by atoms with van der Waals surface area (Å²) in [5.74, 6) is 0. The van der Waals surface area contributed by atoms with Crippen molar-refractivity contribution in [2.24, 2.45) is 0 Å². The van der Waals surface area contributed by atoms with E-state index in [2.05, 4.69) is 12.6 Å². The fourth-order valence-corrected chi connectivity index (χ4v) is 3.86. The molecule has 1 aromatic heterocycles. The molecule has 0 aliphatic heterocycles.